The number of aryl methyl sites for hydroxylation is 1. The van der Waals surface area contributed by atoms with Gasteiger partial charge in [0.25, 0.3) is 0 Å². The maximum atomic E-state index is 11.0. The van der Waals surface area contributed by atoms with Gasteiger partial charge in [0.15, 0.2) is 6.10 Å². The van der Waals surface area contributed by atoms with Crippen molar-refractivity contribution in [3.8, 4) is 0 Å². The zero-order valence-electron chi connectivity index (χ0n) is 10.2. The number of carboxylic acid groups (broad SMARTS) is 1. The van der Waals surface area contributed by atoms with E-state index in [1.54, 1.807) is 13.1 Å². The second-order valence-electron chi connectivity index (χ2n) is 4.00. The summed E-state index contributed by atoms with van der Waals surface area (Å²) in [6, 6.07) is 7.85. The molecular weight excluding hydrogens is 232 g/mol. The second kappa shape index (κ2) is 5.64. The number of para-hydroxylation sites is 1. The van der Waals surface area contributed by atoms with Gasteiger partial charge in [0.1, 0.15) is 0 Å². The van der Waals surface area contributed by atoms with Crippen LogP contribution in [0, 0.1) is 0 Å². The van der Waals surface area contributed by atoms with Crippen LogP contribution in [0.15, 0.2) is 30.5 Å². The summed E-state index contributed by atoms with van der Waals surface area (Å²) in [5.41, 5.74) is 1.01. The Morgan fingerprint density at radius 1 is 1.50 bits per heavy atom. The van der Waals surface area contributed by atoms with Gasteiger partial charge in [-0.15, -0.1) is 0 Å². The van der Waals surface area contributed by atoms with Gasteiger partial charge in [0.05, 0.1) is 11.7 Å². The van der Waals surface area contributed by atoms with Crippen molar-refractivity contribution in [3.05, 3.63) is 30.5 Å². The molecule has 1 unspecified atom stereocenters. The lowest BCUT2D eigenvalue weighted by Crippen LogP contribution is -2.25. The van der Waals surface area contributed by atoms with Crippen LogP contribution in [-0.4, -0.2) is 33.6 Å². The average molecular weight is 248 g/mol. The van der Waals surface area contributed by atoms with Gasteiger partial charge in [-0.2, -0.15) is 5.10 Å². The molecule has 0 aliphatic heterocycles. The summed E-state index contributed by atoms with van der Waals surface area (Å²) in [6.45, 7) is 2.72. The molecule has 1 aromatic carbocycles. The Morgan fingerprint density at radius 3 is 3.00 bits per heavy atom. The molecule has 1 atom stereocenters. The fraction of sp³-hybridized carbons (Fsp3) is 0.385. The minimum Gasteiger partial charge on any atom is -0.479 e. The number of nitrogens with zero attached hydrogens (tertiary/aromatic N) is 2. The second-order valence-corrected chi connectivity index (χ2v) is 4.00. The highest BCUT2D eigenvalue weighted by Gasteiger charge is 2.17. The van der Waals surface area contributed by atoms with Crippen LogP contribution in [-0.2, 0) is 16.1 Å². The zero-order valence-corrected chi connectivity index (χ0v) is 10.2. The minimum atomic E-state index is -0.923. The van der Waals surface area contributed by atoms with E-state index in [0.29, 0.717) is 19.6 Å². The highest BCUT2D eigenvalue weighted by Crippen LogP contribution is 2.13. The first-order valence-electron chi connectivity index (χ1n) is 5.97. The van der Waals surface area contributed by atoms with E-state index in [1.165, 1.54) is 0 Å². The fourth-order valence-corrected chi connectivity index (χ4v) is 1.92. The summed E-state index contributed by atoms with van der Waals surface area (Å²) in [5, 5.41) is 14.3. The Morgan fingerprint density at radius 2 is 2.28 bits per heavy atom. The maximum absolute atomic E-state index is 11.0. The summed E-state index contributed by atoms with van der Waals surface area (Å²) in [4.78, 5) is 11.0. The van der Waals surface area contributed by atoms with Crippen LogP contribution in [0.3, 0.4) is 0 Å². The number of hydrogen-bond donors (Lipinski definition) is 1. The Hall–Kier alpha value is -1.88. The standard InChI is InChI=1S/C13H16N2O3/c1-2-18-12(13(16)17)7-8-15-11-6-4-3-5-10(11)9-14-15/h3-6,9,12H,2,7-8H2,1H3,(H,16,17). The molecular formula is C13H16N2O3. The van der Waals surface area contributed by atoms with Crippen LogP contribution in [0.25, 0.3) is 10.9 Å². The zero-order chi connectivity index (χ0) is 13.0. The van der Waals surface area contributed by atoms with Gasteiger partial charge in [0, 0.05) is 25.0 Å². The molecule has 5 heteroatoms. The number of benzene rings is 1. The Labute approximate surface area is 105 Å². The molecule has 0 saturated heterocycles. The van der Waals surface area contributed by atoms with Crippen molar-refractivity contribution in [2.24, 2.45) is 0 Å². The molecule has 1 heterocycles. The van der Waals surface area contributed by atoms with Crippen molar-refractivity contribution in [2.45, 2.75) is 26.0 Å². The molecule has 18 heavy (non-hydrogen) atoms. The third kappa shape index (κ3) is 2.68. The molecule has 0 aliphatic carbocycles. The molecule has 0 fully saturated rings. The third-order valence-corrected chi connectivity index (χ3v) is 2.80. The molecule has 2 rings (SSSR count). The van der Waals surface area contributed by atoms with Crippen molar-refractivity contribution in [3.63, 3.8) is 0 Å². The molecule has 0 aliphatic rings. The molecule has 0 amide bonds. The van der Waals surface area contributed by atoms with E-state index in [1.807, 2.05) is 28.9 Å². The Balaban J connectivity index is 2.07. The van der Waals surface area contributed by atoms with Crippen LogP contribution < -0.4 is 0 Å². The van der Waals surface area contributed by atoms with E-state index in [0.717, 1.165) is 10.9 Å². The molecule has 0 spiro atoms. The molecule has 0 radical (unpaired) electrons. The van der Waals surface area contributed by atoms with E-state index in [-0.39, 0.29) is 0 Å². The monoisotopic (exact) mass is 248 g/mol. The molecule has 1 aromatic heterocycles. The number of ether oxygens (including phenoxy) is 1. The Bertz CT molecular complexity index is 536. The van der Waals surface area contributed by atoms with E-state index in [4.69, 9.17) is 9.84 Å². The maximum Gasteiger partial charge on any atom is 0.332 e. The molecule has 5 nitrogen and oxygen atoms in total. The number of fused-ring (bicyclic) bond motifs is 1. The normalized spacial score (nSPS) is 12.7. The highest BCUT2D eigenvalue weighted by molar-refractivity contribution is 5.78. The van der Waals surface area contributed by atoms with Crippen molar-refractivity contribution < 1.29 is 14.6 Å². The summed E-state index contributed by atoms with van der Waals surface area (Å²) < 4.78 is 6.98. The average Bonchev–Trinajstić information content (AvgIpc) is 2.77. The largest absolute Gasteiger partial charge is 0.479 e. The number of aromatic nitrogens is 2. The lowest BCUT2D eigenvalue weighted by atomic mass is 10.2. The molecule has 0 saturated carbocycles. The summed E-state index contributed by atoms with van der Waals surface area (Å²) in [5.74, 6) is -0.923. The predicted octanol–water partition coefficient (Wildman–Crippen LogP) is 1.92. The topological polar surface area (TPSA) is 64.4 Å². The van der Waals surface area contributed by atoms with Crippen molar-refractivity contribution >= 4 is 16.9 Å². The van der Waals surface area contributed by atoms with Gasteiger partial charge in [-0.05, 0) is 13.0 Å². The number of carbonyl (C=O) groups is 1. The van der Waals surface area contributed by atoms with E-state index in [9.17, 15) is 4.79 Å². The molecule has 1 N–H and O–H groups in total. The SMILES string of the molecule is CCOC(CCn1ncc2ccccc21)C(=O)O. The van der Waals surface area contributed by atoms with Gasteiger partial charge in [-0.3, -0.25) is 4.68 Å². The number of rotatable bonds is 6. The minimum absolute atomic E-state index is 0.400. The van der Waals surface area contributed by atoms with Crippen LogP contribution in [0.5, 0.6) is 0 Å². The molecule has 2 aromatic rings. The first-order chi connectivity index (χ1) is 8.72. The highest BCUT2D eigenvalue weighted by atomic mass is 16.5. The van der Waals surface area contributed by atoms with Gasteiger partial charge < -0.3 is 9.84 Å². The van der Waals surface area contributed by atoms with Crippen LogP contribution in [0.2, 0.25) is 0 Å². The first kappa shape index (κ1) is 12.6. The van der Waals surface area contributed by atoms with Gasteiger partial charge in [-0.1, -0.05) is 18.2 Å². The third-order valence-electron chi connectivity index (χ3n) is 2.80. The number of carboxylic acids is 1. The predicted molar refractivity (Wildman–Crippen MR) is 67.4 cm³/mol. The van der Waals surface area contributed by atoms with Gasteiger partial charge in [0.2, 0.25) is 0 Å². The summed E-state index contributed by atoms with van der Waals surface area (Å²) >= 11 is 0. The fourth-order valence-electron chi connectivity index (χ4n) is 1.92. The van der Waals surface area contributed by atoms with Gasteiger partial charge in [-0.25, -0.2) is 4.79 Å². The molecule has 96 valence electrons. The van der Waals surface area contributed by atoms with E-state index < -0.39 is 12.1 Å². The Kier molecular flexibility index (Phi) is 3.94. The lowest BCUT2D eigenvalue weighted by Gasteiger charge is -2.12. The quantitative estimate of drug-likeness (QED) is 0.848. The summed E-state index contributed by atoms with van der Waals surface area (Å²) in [6.07, 6.45) is 1.43. The number of hydrogen-bond acceptors (Lipinski definition) is 3. The van der Waals surface area contributed by atoms with E-state index in [2.05, 4.69) is 5.10 Å². The van der Waals surface area contributed by atoms with E-state index >= 15 is 0 Å². The van der Waals surface area contributed by atoms with Gasteiger partial charge >= 0.3 is 5.97 Å². The smallest absolute Gasteiger partial charge is 0.332 e. The van der Waals surface area contributed by atoms with Crippen molar-refractivity contribution in [1.29, 1.82) is 0 Å². The molecule has 0 bridgehead atoms. The van der Waals surface area contributed by atoms with Crippen LogP contribution in [0.4, 0.5) is 0 Å². The number of aliphatic carboxylic acids is 1. The lowest BCUT2D eigenvalue weighted by molar-refractivity contribution is -0.150. The van der Waals surface area contributed by atoms with Crippen molar-refractivity contribution in [1.82, 2.24) is 9.78 Å². The van der Waals surface area contributed by atoms with Crippen molar-refractivity contribution in [2.75, 3.05) is 6.61 Å². The van der Waals surface area contributed by atoms with Crippen LogP contribution in [0.1, 0.15) is 13.3 Å². The van der Waals surface area contributed by atoms with Crippen LogP contribution >= 0.6 is 0 Å². The first-order valence-corrected chi connectivity index (χ1v) is 5.97. The summed E-state index contributed by atoms with van der Waals surface area (Å²) in [7, 11) is 0.